The molecule has 1 aromatic rings. The lowest BCUT2D eigenvalue weighted by Crippen LogP contribution is -2.27. The molecule has 0 aromatic carbocycles. The standard InChI is InChI=1S/C9H13N3OS/c13-14(7-8-2-1-3-11-8)9-6-10-4-5-12-9/h4-6,8,11H,1-3,7H2/t8-,14+/m1/s1. The maximum atomic E-state index is 11.8. The first-order valence-electron chi connectivity index (χ1n) is 4.74. The quantitative estimate of drug-likeness (QED) is 0.783. The Balaban J connectivity index is 1.95. The van der Waals surface area contributed by atoms with Crippen LogP contribution in [-0.2, 0) is 10.8 Å². The van der Waals surface area contributed by atoms with Crippen LogP contribution in [0.2, 0.25) is 0 Å². The van der Waals surface area contributed by atoms with Crippen molar-refractivity contribution in [2.45, 2.75) is 23.9 Å². The van der Waals surface area contributed by atoms with E-state index in [1.165, 1.54) is 6.42 Å². The molecule has 0 aliphatic carbocycles. The van der Waals surface area contributed by atoms with Crippen molar-refractivity contribution in [2.24, 2.45) is 0 Å². The average molecular weight is 211 g/mol. The van der Waals surface area contributed by atoms with Gasteiger partial charge in [-0.25, -0.2) is 4.98 Å². The summed E-state index contributed by atoms with van der Waals surface area (Å²) in [5, 5.41) is 3.90. The molecule has 1 aliphatic heterocycles. The molecule has 14 heavy (non-hydrogen) atoms. The summed E-state index contributed by atoms with van der Waals surface area (Å²) in [6.07, 6.45) is 7.04. The molecular weight excluding hydrogens is 198 g/mol. The second-order valence-electron chi connectivity index (χ2n) is 3.35. The zero-order chi connectivity index (χ0) is 9.80. The third-order valence-electron chi connectivity index (χ3n) is 2.29. The number of nitrogens with one attached hydrogen (secondary N) is 1. The lowest BCUT2D eigenvalue weighted by molar-refractivity contribution is 0.641. The smallest absolute Gasteiger partial charge is 0.145 e. The van der Waals surface area contributed by atoms with Crippen molar-refractivity contribution in [3.8, 4) is 0 Å². The summed E-state index contributed by atoms with van der Waals surface area (Å²) in [6.45, 7) is 1.04. The third-order valence-corrected chi connectivity index (χ3v) is 3.67. The van der Waals surface area contributed by atoms with Gasteiger partial charge in [0.05, 0.1) is 17.0 Å². The van der Waals surface area contributed by atoms with E-state index in [-0.39, 0.29) is 0 Å². The van der Waals surface area contributed by atoms with Crippen LogP contribution in [0.15, 0.2) is 23.6 Å². The summed E-state index contributed by atoms with van der Waals surface area (Å²) in [5.74, 6) is 0.651. The molecule has 0 spiro atoms. The van der Waals surface area contributed by atoms with Gasteiger partial charge in [0.1, 0.15) is 5.03 Å². The van der Waals surface area contributed by atoms with Crippen LogP contribution in [0.5, 0.6) is 0 Å². The molecular formula is C9H13N3OS. The molecule has 5 heteroatoms. The minimum absolute atomic E-state index is 0.387. The van der Waals surface area contributed by atoms with Crippen molar-refractivity contribution < 1.29 is 4.21 Å². The molecule has 0 amide bonds. The molecule has 76 valence electrons. The molecule has 2 heterocycles. The number of aromatic nitrogens is 2. The van der Waals surface area contributed by atoms with Gasteiger partial charge in [-0.1, -0.05) is 0 Å². The molecule has 4 nitrogen and oxygen atoms in total. The molecule has 1 fully saturated rings. The van der Waals surface area contributed by atoms with E-state index < -0.39 is 10.8 Å². The van der Waals surface area contributed by atoms with Crippen molar-refractivity contribution in [3.63, 3.8) is 0 Å². The first-order chi connectivity index (χ1) is 6.86. The fourth-order valence-electron chi connectivity index (χ4n) is 1.57. The molecule has 0 bridgehead atoms. The van der Waals surface area contributed by atoms with Crippen LogP contribution < -0.4 is 5.32 Å². The number of nitrogens with zero attached hydrogens (tertiary/aromatic N) is 2. The normalized spacial score (nSPS) is 23.6. The van der Waals surface area contributed by atoms with Gasteiger partial charge in [0.25, 0.3) is 0 Å². The molecule has 0 radical (unpaired) electrons. The zero-order valence-electron chi connectivity index (χ0n) is 7.85. The predicted octanol–water partition coefficient (Wildman–Crippen LogP) is 0.336. The summed E-state index contributed by atoms with van der Waals surface area (Å²) < 4.78 is 11.8. The Bertz CT molecular complexity index is 311. The summed E-state index contributed by atoms with van der Waals surface area (Å²) in [4.78, 5) is 7.93. The number of rotatable bonds is 3. The van der Waals surface area contributed by atoms with E-state index in [4.69, 9.17) is 0 Å². The summed E-state index contributed by atoms with van der Waals surface area (Å²) in [5.41, 5.74) is 0. The van der Waals surface area contributed by atoms with E-state index in [0.29, 0.717) is 16.8 Å². The van der Waals surface area contributed by atoms with Gasteiger partial charge < -0.3 is 5.32 Å². The van der Waals surface area contributed by atoms with Gasteiger partial charge in [0, 0.05) is 24.2 Å². The molecule has 0 saturated carbocycles. The Morgan fingerprint density at radius 2 is 2.50 bits per heavy atom. The second-order valence-corrected chi connectivity index (χ2v) is 4.79. The summed E-state index contributed by atoms with van der Waals surface area (Å²) in [7, 11) is -1.01. The minimum Gasteiger partial charge on any atom is -0.313 e. The van der Waals surface area contributed by atoms with Crippen molar-refractivity contribution in [3.05, 3.63) is 18.6 Å². The Morgan fingerprint density at radius 1 is 1.57 bits per heavy atom. The lowest BCUT2D eigenvalue weighted by Gasteiger charge is -2.08. The average Bonchev–Trinajstić information content (AvgIpc) is 2.72. The van der Waals surface area contributed by atoms with Gasteiger partial charge in [-0.15, -0.1) is 0 Å². The van der Waals surface area contributed by atoms with Gasteiger partial charge in [0.2, 0.25) is 0 Å². The van der Waals surface area contributed by atoms with E-state index in [1.807, 2.05) is 0 Å². The summed E-state index contributed by atoms with van der Waals surface area (Å²) >= 11 is 0. The fraction of sp³-hybridized carbons (Fsp3) is 0.556. The number of hydrogen-bond donors (Lipinski definition) is 1. The fourth-order valence-corrected chi connectivity index (χ4v) is 2.75. The van der Waals surface area contributed by atoms with E-state index in [2.05, 4.69) is 15.3 Å². The first kappa shape index (κ1) is 9.73. The van der Waals surface area contributed by atoms with Crippen LogP contribution in [0.1, 0.15) is 12.8 Å². The van der Waals surface area contributed by atoms with Crippen molar-refractivity contribution >= 4 is 10.8 Å². The Hall–Kier alpha value is -0.810. The van der Waals surface area contributed by atoms with Gasteiger partial charge in [-0.3, -0.25) is 9.19 Å². The molecule has 1 saturated heterocycles. The van der Waals surface area contributed by atoms with Gasteiger partial charge in [0.15, 0.2) is 0 Å². The molecule has 1 aliphatic rings. The highest BCUT2D eigenvalue weighted by Crippen LogP contribution is 2.09. The Morgan fingerprint density at radius 3 is 3.14 bits per heavy atom. The largest absolute Gasteiger partial charge is 0.313 e. The molecule has 2 atom stereocenters. The zero-order valence-corrected chi connectivity index (χ0v) is 8.67. The van der Waals surface area contributed by atoms with E-state index in [0.717, 1.165) is 13.0 Å². The first-order valence-corrected chi connectivity index (χ1v) is 6.06. The molecule has 1 aromatic heterocycles. The van der Waals surface area contributed by atoms with Crippen LogP contribution in [0.25, 0.3) is 0 Å². The predicted molar refractivity (Wildman–Crippen MR) is 54.3 cm³/mol. The van der Waals surface area contributed by atoms with Crippen LogP contribution in [0.3, 0.4) is 0 Å². The van der Waals surface area contributed by atoms with E-state index in [1.54, 1.807) is 18.6 Å². The lowest BCUT2D eigenvalue weighted by atomic mass is 10.3. The van der Waals surface area contributed by atoms with E-state index in [9.17, 15) is 4.21 Å². The van der Waals surface area contributed by atoms with Crippen LogP contribution in [-0.4, -0.2) is 32.5 Å². The Labute approximate surface area is 85.6 Å². The second kappa shape index (κ2) is 4.61. The van der Waals surface area contributed by atoms with Crippen LogP contribution in [0.4, 0.5) is 0 Å². The number of hydrogen-bond acceptors (Lipinski definition) is 4. The van der Waals surface area contributed by atoms with Crippen molar-refractivity contribution in [2.75, 3.05) is 12.3 Å². The Kier molecular flexibility index (Phi) is 3.21. The molecule has 0 unspecified atom stereocenters. The maximum absolute atomic E-state index is 11.8. The third kappa shape index (κ3) is 2.36. The monoisotopic (exact) mass is 211 g/mol. The van der Waals surface area contributed by atoms with E-state index >= 15 is 0 Å². The maximum Gasteiger partial charge on any atom is 0.145 e. The SMILES string of the molecule is O=[S@@](C[C@H]1CCCN1)c1cnccn1. The van der Waals surface area contributed by atoms with Gasteiger partial charge in [-0.05, 0) is 19.4 Å². The van der Waals surface area contributed by atoms with Crippen LogP contribution >= 0.6 is 0 Å². The highest BCUT2D eigenvalue weighted by atomic mass is 32.2. The van der Waals surface area contributed by atoms with Gasteiger partial charge in [-0.2, -0.15) is 0 Å². The molecule has 2 rings (SSSR count). The highest BCUT2D eigenvalue weighted by molar-refractivity contribution is 7.85. The van der Waals surface area contributed by atoms with Crippen molar-refractivity contribution in [1.29, 1.82) is 0 Å². The van der Waals surface area contributed by atoms with Crippen LogP contribution in [0, 0.1) is 0 Å². The minimum atomic E-state index is -1.01. The van der Waals surface area contributed by atoms with Crippen molar-refractivity contribution in [1.82, 2.24) is 15.3 Å². The van der Waals surface area contributed by atoms with Gasteiger partial charge >= 0.3 is 0 Å². The highest BCUT2D eigenvalue weighted by Gasteiger charge is 2.18. The summed E-state index contributed by atoms with van der Waals surface area (Å²) in [6, 6.07) is 0.387. The topological polar surface area (TPSA) is 54.9 Å². The molecule has 1 N–H and O–H groups in total.